The van der Waals surface area contributed by atoms with Gasteiger partial charge in [0, 0.05) is 19.3 Å². The first-order valence-electron chi connectivity index (χ1n) is 6.96. The maximum absolute atomic E-state index is 11.0. The number of nitrogens with two attached hydrogens (primary N) is 1. The molecule has 1 aromatic carbocycles. The van der Waals surface area contributed by atoms with Crippen LogP contribution in [0.15, 0.2) is 50.0 Å². The van der Waals surface area contributed by atoms with E-state index in [0.29, 0.717) is 11.1 Å². The van der Waals surface area contributed by atoms with Crippen LogP contribution in [0, 0.1) is 14.7 Å². The van der Waals surface area contributed by atoms with Crippen molar-refractivity contribution in [3.05, 3.63) is 57.2 Å². The molecule has 1 aliphatic rings. The molecular formula is C15H19N5O4S. The SMILES string of the molecule is C=C.CNC1(C)C=Cc2cc(S(N=O)(N=O)N=O)c(N)c(O)c2C=C1. The van der Waals surface area contributed by atoms with Crippen molar-refractivity contribution < 1.29 is 5.11 Å². The van der Waals surface area contributed by atoms with Gasteiger partial charge in [0.1, 0.15) is 5.75 Å². The van der Waals surface area contributed by atoms with Crippen molar-refractivity contribution in [2.45, 2.75) is 17.4 Å². The van der Waals surface area contributed by atoms with Gasteiger partial charge in [0.25, 0.3) is 0 Å². The number of anilines is 1. The molecule has 0 spiro atoms. The van der Waals surface area contributed by atoms with Crippen LogP contribution in [0.5, 0.6) is 5.75 Å². The molecule has 0 aliphatic heterocycles. The Kier molecular flexibility index (Phi) is 6.31. The highest BCUT2D eigenvalue weighted by atomic mass is 32.3. The van der Waals surface area contributed by atoms with E-state index in [1.165, 1.54) is 6.07 Å². The summed E-state index contributed by atoms with van der Waals surface area (Å²) in [5.74, 6) is -0.369. The van der Waals surface area contributed by atoms with E-state index in [1.54, 1.807) is 19.2 Å². The molecular weight excluding hydrogens is 346 g/mol. The van der Waals surface area contributed by atoms with Crippen molar-refractivity contribution in [1.82, 2.24) is 5.32 Å². The Labute approximate surface area is 146 Å². The second-order valence-electron chi connectivity index (χ2n) is 5.08. The fourth-order valence-electron chi connectivity index (χ4n) is 2.14. The second-order valence-corrected chi connectivity index (χ2v) is 7.01. The van der Waals surface area contributed by atoms with Crippen LogP contribution in [0.25, 0.3) is 12.2 Å². The number of benzene rings is 1. The number of nitrogens with zero attached hydrogens (tertiary/aromatic N) is 3. The van der Waals surface area contributed by atoms with Crippen LogP contribution in [-0.4, -0.2) is 17.7 Å². The Morgan fingerprint density at radius 3 is 2.16 bits per heavy atom. The Morgan fingerprint density at radius 2 is 1.68 bits per heavy atom. The zero-order valence-electron chi connectivity index (χ0n) is 13.8. The standard InChI is InChI=1S/C13H15N5O4S.C2H4/c1-13(15-2)5-3-8-7-10(23(16-20,17-21)18-22)11(14)12(19)9(8)4-6-13;1-2/h3-7,15,19H,14H2,1-2H3;1-2H2. The maximum Gasteiger partial charge on any atom is 0.199 e. The van der Waals surface area contributed by atoms with E-state index < -0.39 is 16.1 Å². The number of phenols is 1. The van der Waals surface area contributed by atoms with E-state index in [4.69, 9.17) is 5.73 Å². The largest absolute Gasteiger partial charge is 0.505 e. The highest BCUT2D eigenvalue weighted by Gasteiger charge is 2.36. The third-order valence-corrected chi connectivity index (χ3v) is 5.28. The molecule has 1 unspecified atom stereocenters. The molecule has 1 atom stereocenters. The number of phenolic OH excluding ortho intramolecular Hbond substituents is 1. The smallest absolute Gasteiger partial charge is 0.199 e. The minimum absolute atomic E-state index is 0.278. The molecule has 0 fully saturated rings. The first-order valence-corrected chi connectivity index (χ1v) is 8.46. The third-order valence-electron chi connectivity index (χ3n) is 3.72. The predicted molar refractivity (Wildman–Crippen MR) is 103 cm³/mol. The van der Waals surface area contributed by atoms with E-state index in [9.17, 15) is 19.8 Å². The minimum Gasteiger partial charge on any atom is -0.505 e. The average Bonchev–Trinajstić information content (AvgIpc) is 2.82. The predicted octanol–water partition coefficient (Wildman–Crippen LogP) is 4.00. The zero-order chi connectivity index (χ0) is 19.3. The second kappa shape index (κ2) is 7.81. The van der Waals surface area contributed by atoms with E-state index in [-0.39, 0.29) is 16.3 Å². The van der Waals surface area contributed by atoms with Crippen molar-refractivity contribution in [1.29, 1.82) is 0 Å². The van der Waals surface area contributed by atoms with Crippen LogP contribution >= 0.6 is 10.6 Å². The molecule has 25 heavy (non-hydrogen) atoms. The van der Waals surface area contributed by atoms with Gasteiger partial charge in [-0.3, -0.25) is 0 Å². The summed E-state index contributed by atoms with van der Waals surface area (Å²) >= 11 is 0. The van der Waals surface area contributed by atoms with Crippen molar-refractivity contribution in [2.24, 2.45) is 13.7 Å². The maximum atomic E-state index is 11.0. The highest BCUT2D eigenvalue weighted by molar-refractivity contribution is 8.30. The molecule has 1 aromatic rings. The lowest BCUT2D eigenvalue weighted by Gasteiger charge is -2.19. The summed E-state index contributed by atoms with van der Waals surface area (Å²) in [4.78, 5) is 32.6. The molecule has 2 rings (SSSR count). The van der Waals surface area contributed by atoms with Crippen LogP contribution in [0.3, 0.4) is 0 Å². The van der Waals surface area contributed by atoms with Gasteiger partial charge in [0.2, 0.25) is 0 Å². The van der Waals surface area contributed by atoms with Crippen molar-refractivity contribution in [3.63, 3.8) is 0 Å². The number of hydrogen-bond acceptors (Lipinski definition) is 9. The molecule has 0 amide bonds. The average molecular weight is 365 g/mol. The number of fused-ring (bicyclic) bond motifs is 1. The molecule has 0 bridgehead atoms. The van der Waals surface area contributed by atoms with Gasteiger partial charge in [0.05, 0.1) is 16.1 Å². The van der Waals surface area contributed by atoms with E-state index in [1.807, 2.05) is 19.1 Å². The van der Waals surface area contributed by atoms with Crippen molar-refractivity contribution >= 4 is 28.4 Å². The summed E-state index contributed by atoms with van der Waals surface area (Å²) in [5, 5.41) is 13.4. The number of aromatic hydroxyl groups is 1. The first-order chi connectivity index (χ1) is 11.9. The molecule has 0 radical (unpaired) electrons. The van der Waals surface area contributed by atoms with Gasteiger partial charge < -0.3 is 16.2 Å². The Morgan fingerprint density at radius 1 is 1.16 bits per heavy atom. The van der Waals surface area contributed by atoms with Crippen molar-refractivity contribution in [3.8, 4) is 5.75 Å². The molecule has 0 heterocycles. The van der Waals surface area contributed by atoms with Gasteiger partial charge in [-0.25, -0.2) is 0 Å². The Bertz CT molecular complexity index is 743. The molecule has 0 saturated heterocycles. The molecule has 134 valence electrons. The van der Waals surface area contributed by atoms with Crippen LogP contribution in [0.4, 0.5) is 5.69 Å². The van der Waals surface area contributed by atoms with Crippen LogP contribution in [0.1, 0.15) is 18.1 Å². The summed E-state index contributed by atoms with van der Waals surface area (Å²) in [6.45, 7) is 7.90. The molecule has 0 aromatic heterocycles. The molecule has 4 N–H and O–H groups in total. The molecule has 0 saturated carbocycles. The molecule has 10 heteroatoms. The number of nitroso groups, excluding NO2 is 3. The lowest BCUT2D eigenvalue weighted by atomic mass is 10.0. The fourth-order valence-corrected chi connectivity index (χ4v) is 3.14. The number of likely N-dealkylation sites (N-methyl/N-ethyl adjacent to an activating group) is 1. The summed E-state index contributed by atoms with van der Waals surface area (Å²) in [6.07, 6.45) is 6.93. The third kappa shape index (κ3) is 3.49. The normalized spacial score (nSPS) is 19.0. The van der Waals surface area contributed by atoms with Gasteiger partial charge >= 0.3 is 0 Å². The Balaban J connectivity index is 0.00000151. The topological polar surface area (TPSA) is 147 Å². The van der Waals surface area contributed by atoms with Crippen LogP contribution in [0.2, 0.25) is 0 Å². The molecule has 9 nitrogen and oxygen atoms in total. The first kappa shape index (κ1) is 20.2. The summed E-state index contributed by atoms with van der Waals surface area (Å²) in [5.41, 5.74) is 5.82. The van der Waals surface area contributed by atoms with E-state index >= 15 is 0 Å². The number of nitrogen functional groups attached to an aromatic ring is 1. The highest BCUT2D eigenvalue weighted by Crippen LogP contribution is 2.63. The molecule has 1 aliphatic carbocycles. The van der Waals surface area contributed by atoms with Gasteiger partial charge in [-0.2, -0.15) is 0 Å². The number of rotatable bonds is 5. The zero-order valence-corrected chi connectivity index (χ0v) is 14.6. The van der Waals surface area contributed by atoms with Crippen molar-refractivity contribution in [2.75, 3.05) is 12.8 Å². The summed E-state index contributed by atoms with van der Waals surface area (Å²) in [6, 6.07) is 1.33. The van der Waals surface area contributed by atoms with Gasteiger partial charge in [-0.05, 0) is 25.6 Å². The minimum atomic E-state index is -3.77. The quantitative estimate of drug-likeness (QED) is 0.311. The van der Waals surface area contributed by atoms with Crippen LogP contribution < -0.4 is 11.1 Å². The van der Waals surface area contributed by atoms with Gasteiger partial charge in [-0.15, -0.1) is 27.9 Å². The lowest BCUT2D eigenvalue weighted by molar-refractivity contribution is 0.475. The summed E-state index contributed by atoms with van der Waals surface area (Å²) in [7, 11) is -2.01. The van der Waals surface area contributed by atoms with E-state index in [0.717, 1.165) is 0 Å². The van der Waals surface area contributed by atoms with Crippen LogP contribution in [-0.2, 0) is 0 Å². The lowest BCUT2D eigenvalue weighted by Crippen LogP contribution is -2.34. The monoisotopic (exact) mass is 365 g/mol. The number of hydrogen-bond donors (Lipinski definition) is 3. The van der Waals surface area contributed by atoms with E-state index in [2.05, 4.69) is 32.2 Å². The summed E-state index contributed by atoms with van der Waals surface area (Å²) < 4.78 is 7.43. The van der Waals surface area contributed by atoms with Gasteiger partial charge in [0.15, 0.2) is 10.6 Å². The Hall–Kier alpha value is -2.85. The number of nitrogens with one attached hydrogen (secondary N) is 1. The fraction of sp³-hybridized carbons (Fsp3) is 0.200. The van der Waals surface area contributed by atoms with Gasteiger partial charge in [-0.1, -0.05) is 24.3 Å².